The highest BCUT2D eigenvalue weighted by Crippen LogP contribution is 2.47. The Morgan fingerprint density at radius 1 is 1.02 bits per heavy atom. The summed E-state index contributed by atoms with van der Waals surface area (Å²) in [5, 5.41) is 2.86. The normalized spacial score (nSPS) is 21.8. The molecule has 2 fully saturated rings. The van der Waals surface area contributed by atoms with Gasteiger partial charge in [0, 0.05) is 28.5 Å². The first kappa shape index (κ1) is 30.2. The van der Waals surface area contributed by atoms with Crippen LogP contribution < -0.4 is 15.5 Å². The SMILES string of the molecule is Cc1ccc(OCC(=O)Nc2cccc(-c3ccc([C@@]4(CC(=O)NOC5CCCCO5)CCCCS4(=O)=O)s3)c2)cc1. The predicted molar refractivity (Wildman–Crippen MR) is 162 cm³/mol. The number of thiophene rings is 1. The lowest BCUT2D eigenvalue weighted by molar-refractivity contribution is -0.200. The molecule has 5 rings (SSSR count). The van der Waals surface area contributed by atoms with Crippen molar-refractivity contribution < 1.29 is 32.3 Å². The number of hydrogen-bond donors (Lipinski definition) is 2. The zero-order chi connectivity index (χ0) is 29.6. The van der Waals surface area contributed by atoms with E-state index in [-0.39, 0.29) is 24.7 Å². The lowest BCUT2D eigenvalue weighted by atomic mass is 9.94. The number of benzene rings is 2. The molecule has 0 radical (unpaired) electrons. The van der Waals surface area contributed by atoms with E-state index in [4.69, 9.17) is 14.3 Å². The molecule has 2 atom stereocenters. The van der Waals surface area contributed by atoms with E-state index >= 15 is 0 Å². The van der Waals surface area contributed by atoms with E-state index in [9.17, 15) is 18.0 Å². The Labute approximate surface area is 250 Å². The molecule has 2 aromatic carbocycles. The van der Waals surface area contributed by atoms with Gasteiger partial charge in [-0.25, -0.2) is 18.7 Å². The number of sulfone groups is 1. The first-order chi connectivity index (χ1) is 20.2. The summed E-state index contributed by atoms with van der Waals surface area (Å²) in [6.07, 6.45) is 3.48. The molecule has 1 unspecified atom stereocenters. The summed E-state index contributed by atoms with van der Waals surface area (Å²) in [6, 6.07) is 18.5. The third kappa shape index (κ3) is 7.20. The quantitative estimate of drug-likeness (QED) is 0.290. The number of hydrogen-bond acceptors (Lipinski definition) is 8. The standard InChI is InChI=1S/C31H36N2O7S2/c1-22-10-12-25(13-11-22)39-21-29(35)32-24-8-6-7-23(19-24)26-14-15-27(41-26)31(16-3-5-18-42(31,36)37)20-28(34)33-40-30-9-2-4-17-38-30/h6-8,10-15,19,30H,2-5,9,16-18,20-21H2,1H3,(H,32,35)(H,33,34)/t30?,31-/m0/s1. The van der Waals surface area contributed by atoms with Gasteiger partial charge in [0.15, 0.2) is 22.7 Å². The van der Waals surface area contributed by atoms with Gasteiger partial charge in [-0.05, 0) is 74.6 Å². The van der Waals surface area contributed by atoms with Crippen LogP contribution in [0.4, 0.5) is 5.69 Å². The third-order valence-electron chi connectivity index (χ3n) is 7.60. The molecule has 2 saturated heterocycles. The maximum absolute atomic E-state index is 13.5. The van der Waals surface area contributed by atoms with E-state index in [1.807, 2.05) is 61.5 Å². The molecule has 11 heteroatoms. The van der Waals surface area contributed by atoms with Crippen molar-refractivity contribution in [2.45, 2.75) is 62.9 Å². The van der Waals surface area contributed by atoms with E-state index in [2.05, 4.69) is 10.8 Å². The zero-order valence-corrected chi connectivity index (χ0v) is 25.2. The van der Waals surface area contributed by atoms with Crippen LogP contribution in [0, 0.1) is 6.92 Å². The van der Waals surface area contributed by atoms with Gasteiger partial charge in [0.25, 0.3) is 5.91 Å². The Balaban J connectivity index is 1.29. The Morgan fingerprint density at radius 3 is 2.62 bits per heavy atom. The summed E-state index contributed by atoms with van der Waals surface area (Å²) >= 11 is 1.36. The molecule has 2 aliphatic rings. The molecule has 0 spiro atoms. The molecule has 42 heavy (non-hydrogen) atoms. The van der Waals surface area contributed by atoms with Crippen LogP contribution in [-0.4, -0.2) is 45.5 Å². The summed E-state index contributed by atoms with van der Waals surface area (Å²) in [5.41, 5.74) is 4.98. The van der Waals surface area contributed by atoms with Gasteiger partial charge in [-0.3, -0.25) is 9.59 Å². The number of aryl methyl sites for hydroxylation is 1. The van der Waals surface area contributed by atoms with Gasteiger partial charge < -0.3 is 14.8 Å². The highest BCUT2D eigenvalue weighted by atomic mass is 32.2. The molecular weight excluding hydrogens is 576 g/mol. The Kier molecular flexibility index (Phi) is 9.62. The van der Waals surface area contributed by atoms with Crippen molar-refractivity contribution in [3.05, 3.63) is 71.1 Å². The monoisotopic (exact) mass is 612 g/mol. The summed E-state index contributed by atoms with van der Waals surface area (Å²) in [4.78, 5) is 32.4. The lowest BCUT2D eigenvalue weighted by Gasteiger charge is -2.35. The lowest BCUT2D eigenvalue weighted by Crippen LogP contribution is -2.45. The van der Waals surface area contributed by atoms with E-state index in [0.717, 1.165) is 28.8 Å². The number of anilines is 1. The molecule has 2 N–H and O–H groups in total. The van der Waals surface area contributed by atoms with E-state index in [1.165, 1.54) is 11.3 Å². The Bertz CT molecular complexity index is 1500. The number of carbonyl (C=O) groups excluding carboxylic acids is 2. The number of hydroxylamine groups is 1. The number of ether oxygens (including phenoxy) is 2. The smallest absolute Gasteiger partial charge is 0.262 e. The van der Waals surface area contributed by atoms with Crippen LogP contribution in [-0.2, 0) is 33.7 Å². The molecular formula is C31H36N2O7S2. The second-order valence-corrected chi connectivity index (χ2v) is 14.3. The van der Waals surface area contributed by atoms with Crippen molar-refractivity contribution in [3.8, 4) is 16.2 Å². The van der Waals surface area contributed by atoms with Gasteiger partial charge in [-0.1, -0.05) is 36.2 Å². The number of nitrogens with one attached hydrogen (secondary N) is 2. The summed E-state index contributed by atoms with van der Waals surface area (Å²) in [6.45, 7) is 2.42. The van der Waals surface area contributed by atoms with Crippen LogP contribution in [0.25, 0.3) is 10.4 Å². The van der Waals surface area contributed by atoms with Crippen LogP contribution in [0.5, 0.6) is 5.75 Å². The Morgan fingerprint density at radius 2 is 1.86 bits per heavy atom. The van der Waals surface area contributed by atoms with Crippen LogP contribution in [0.2, 0.25) is 0 Å². The molecule has 0 bridgehead atoms. The van der Waals surface area contributed by atoms with Crippen molar-refractivity contribution in [2.24, 2.45) is 0 Å². The molecule has 2 amide bonds. The first-order valence-corrected chi connectivity index (χ1v) is 16.7. The van der Waals surface area contributed by atoms with E-state index < -0.39 is 26.8 Å². The molecule has 2 aliphatic heterocycles. The number of rotatable bonds is 10. The number of amides is 2. The fraction of sp³-hybridized carbons (Fsp3) is 0.419. The minimum Gasteiger partial charge on any atom is -0.484 e. The predicted octanol–water partition coefficient (Wildman–Crippen LogP) is 5.50. The number of carbonyl (C=O) groups is 2. The molecule has 9 nitrogen and oxygen atoms in total. The van der Waals surface area contributed by atoms with Gasteiger partial charge in [0.2, 0.25) is 5.91 Å². The second kappa shape index (κ2) is 13.4. The van der Waals surface area contributed by atoms with E-state index in [1.54, 1.807) is 6.07 Å². The first-order valence-electron chi connectivity index (χ1n) is 14.2. The van der Waals surface area contributed by atoms with Gasteiger partial charge in [-0.2, -0.15) is 0 Å². The van der Waals surface area contributed by atoms with Crippen molar-refractivity contribution in [3.63, 3.8) is 0 Å². The summed E-state index contributed by atoms with van der Waals surface area (Å²) < 4.78 is 36.9. The second-order valence-electron chi connectivity index (χ2n) is 10.8. The zero-order valence-electron chi connectivity index (χ0n) is 23.6. The maximum Gasteiger partial charge on any atom is 0.262 e. The molecule has 0 aliphatic carbocycles. The van der Waals surface area contributed by atoms with Crippen LogP contribution >= 0.6 is 11.3 Å². The van der Waals surface area contributed by atoms with Crippen LogP contribution in [0.1, 0.15) is 55.4 Å². The fourth-order valence-electron chi connectivity index (χ4n) is 5.32. The van der Waals surface area contributed by atoms with Gasteiger partial charge in [0.1, 0.15) is 10.5 Å². The topological polar surface area (TPSA) is 120 Å². The fourth-order valence-corrected chi connectivity index (χ4v) is 9.09. The van der Waals surface area contributed by atoms with E-state index in [0.29, 0.717) is 48.6 Å². The van der Waals surface area contributed by atoms with Crippen LogP contribution in [0.3, 0.4) is 0 Å². The highest BCUT2D eigenvalue weighted by molar-refractivity contribution is 7.92. The van der Waals surface area contributed by atoms with Crippen molar-refractivity contribution >= 4 is 38.7 Å². The minimum absolute atomic E-state index is 0.0340. The average molecular weight is 613 g/mol. The molecule has 3 heterocycles. The van der Waals surface area contributed by atoms with Crippen molar-refractivity contribution in [1.29, 1.82) is 0 Å². The van der Waals surface area contributed by atoms with Gasteiger partial charge >= 0.3 is 0 Å². The maximum atomic E-state index is 13.5. The third-order valence-corrected chi connectivity index (χ3v) is 11.7. The molecule has 3 aromatic rings. The Hall–Kier alpha value is -3.25. The largest absolute Gasteiger partial charge is 0.484 e. The van der Waals surface area contributed by atoms with Crippen molar-refractivity contribution in [2.75, 3.05) is 24.3 Å². The van der Waals surface area contributed by atoms with Crippen LogP contribution in [0.15, 0.2) is 60.7 Å². The highest BCUT2D eigenvalue weighted by Gasteiger charge is 2.49. The average Bonchev–Trinajstić information content (AvgIpc) is 3.49. The van der Waals surface area contributed by atoms with Gasteiger partial charge in [0.05, 0.1) is 12.2 Å². The summed E-state index contributed by atoms with van der Waals surface area (Å²) in [7, 11) is -3.61. The molecule has 224 valence electrons. The minimum atomic E-state index is -3.61. The molecule has 1 aromatic heterocycles. The van der Waals surface area contributed by atoms with Crippen molar-refractivity contribution in [1.82, 2.24) is 5.48 Å². The van der Waals surface area contributed by atoms with Gasteiger partial charge in [-0.15, -0.1) is 11.3 Å². The molecule has 0 saturated carbocycles. The summed E-state index contributed by atoms with van der Waals surface area (Å²) in [5.74, 6) is -0.127.